The fourth-order valence-electron chi connectivity index (χ4n) is 5.29. The average Bonchev–Trinajstić information content (AvgIpc) is 3.03. The lowest BCUT2D eigenvalue weighted by Gasteiger charge is -2.36. The Balaban J connectivity index is 1.20. The molecular formula is C33H33N5O3. The van der Waals surface area contributed by atoms with Crippen molar-refractivity contribution in [1.82, 2.24) is 19.7 Å². The van der Waals surface area contributed by atoms with Gasteiger partial charge in [-0.05, 0) is 47.5 Å². The molecule has 3 heterocycles. The maximum absolute atomic E-state index is 13.7. The summed E-state index contributed by atoms with van der Waals surface area (Å²) in [6, 6.07) is 27.7. The molecule has 0 amide bonds. The zero-order chi connectivity index (χ0) is 28.0. The molecule has 8 nitrogen and oxygen atoms in total. The number of fused-ring (bicyclic) bond motifs is 1. The summed E-state index contributed by atoms with van der Waals surface area (Å²) in [6.45, 7) is 4.51. The van der Waals surface area contributed by atoms with E-state index in [1.807, 2.05) is 66.9 Å². The fourth-order valence-corrected chi connectivity index (χ4v) is 5.29. The zero-order valence-corrected chi connectivity index (χ0v) is 23.1. The molecule has 3 aromatic carbocycles. The Morgan fingerprint density at radius 2 is 1.61 bits per heavy atom. The molecule has 0 radical (unpaired) electrons. The molecular weight excluding hydrogens is 514 g/mol. The van der Waals surface area contributed by atoms with Crippen molar-refractivity contribution in [2.24, 2.45) is 0 Å². The van der Waals surface area contributed by atoms with E-state index in [9.17, 15) is 4.79 Å². The fraction of sp³-hybridized carbons (Fsp3) is 0.242. The van der Waals surface area contributed by atoms with Crippen molar-refractivity contribution in [3.05, 3.63) is 119 Å². The summed E-state index contributed by atoms with van der Waals surface area (Å²) >= 11 is 0. The molecule has 6 rings (SSSR count). The number of rotatable bonds is 9. The van der Waals surface area contributed by atoms with Gasteiger partial charge in [0.25, 0.3) is 0 Å². The predicted octanol–water partition coefficient (Wildman–Crippen LogP) is 4.73. The van der Waals surface area contributed by atoms with Gasteiger partial charge in [-0.25, -0.2) is 0 Å². The van der Waals surface area contributed by atoms with Crippen LogP contribution < -0.4 is 19.9 Å². The SMILES string of the molecule is COc1ccc(CCOc2c(N3CCN(Cc4ccnc5ccccc45)CC3)cnn(-c3ccccc3)c2=O)cc1. The summed E-state index contributed by atoms with van der Waals surface area (Å²) in [6.07, 6.45) is 4.32. The highest BCUT2D eigenvalue weighted by molar-refractivity contribution is 5.81. The first-order valence-corrected chi connectivity index (χ1v) is 13.9. The van der Waals surface area contributed by atoms with E-state index < -0.39 is 0 Å². The Bertz CT molecular complexity index is 1660. The van der Waals surface area contributed by atoms with Crippen molar-refractivity contribution in [2.75, 3.05) is 44.8 Å². The van der Waals surface area contributed by atoms with Gasteiger partial charge >= 0.3 is 5.56 Å². The first kappa shape index (κ1) is 26.5. The van der Waals surface area contributed by atoms with Crippen LogP contribution in [0.5, 0.6) is 11.5 Å². The number of benzene rings is 3. The van der Waals surface area contributed by atoms with Crippen LogP contribution >= 0.6 is 0 Å². The van der Waals surface area contributed by atoms with Crippen LogP contribution in [-0.4, -0.2) is 59.6 Å². The van der Waals surface area contributed by atoms with Crippen molar-refractivity contribution < 1.29 is 9.47 Å². The number of methoxy groups -OCH3 is 1. The Morgan fingerprint density at radius 3 is 2.39 bits per heavy atom. The normalized spacial score (nSPS) is 13.8. The van der Waals surface area contributed by atoms with Crippen LogP contribution in [0.15, 0.2) is 102 Å². The summed E-state index contributed by atoms with van der Waals surface area (Å²) in [7, 11) is 1.65. The second kappa shape index (κ2) is 12.2. The second-order valence-electron chi connectivity index (χ2n) is 10.1. The number of aromatic nitrogens is 3. The van der Waals surface area contributed by atoms with E-state index in [0.717, 1.165) is 55.2 Å². The van der Waals surface area contributed by atoms with Crippen molar-refractivity contribution in [3.63, 3.8) is 0 Å². The number of hydrogen-bond donors (Lipinski definition) is 0. The van der Waals surface area contributed by atoms with Crippen molar-refractivity contribution in [2.45, 2.75) is 13.0 Å². The van der Waals surface area contributed by atoms with E-state index in [-0.39, 0.29) is 5.56 Å². The van der Waals surface area contributed by atoms with Gasteiger partial charge in [-0.3, -0.25) is 14.7 Å². The van der Waals surface area contributed by atoms with Gasteiger partial charge in [-0.2, -0.15) is 9.78 Å². The average molecular weight is 548 g/mol. The van der Waals surface area contributed by atoms with E-state index in [1.165, 1.54) is 15.6 Å². The van der Waals surface area contributed by atoms with E-state index in [2.05, 4.69) is 44.1 Å². The highest BCUT2D eigenvalue weighted by Crippen LogP contribution is 2.27. The lowest BCUT2D eigenvalue weighted by atomic mass is 10.1. The Hall–Kier alpha value is -4.69. The maximum Gasteiger partial charge on any atom is 0.316 e. The Kier molecular flexibility index (Phi) is 7.91. The molecule has 208 valence electrons. The summed E-state index contributed by atoms with van der Waals surface area (Å²) in [5, 5.41) is 5.73. The van der Waals surface area contributed by atoms with Crippen molar-refractivity contribution >= 4 is 16.6 Å². The van der Waals surface area contributed by atoms with Crippen LogP contribution in [0.4, 0.5) is 5.69 Å². The van der Waals surface area contributed by atoms with Gasteiger partial charge in [0.05, 0.1) is 31.1 Å². The maximum atomic E-state index is 13.7. The smallest absolute Gasteiger partial charge is 0.316 e. The van der Waals surface area contributed by atoms with Crippen LogP contribution in [0.3, 0.4) is 0 Å². The minimum absolute atomic E-state index is 0.255. The molecule has 8 heteroatoms. The van der Waals surface area contributed by atoms with Gasteiger partial charge < -0.3 is 14.4 Å². The van der Waals surface area contributed by atoms with Crippen molar-refractivity contribution in [1.29, 1.82) is 0 Å². The first-order valence-electron chi connectivity index (χ1n) is 13.9. The molecule has 1 aliphatic heterocycles. The molecule has 41 heavy (non-hydrogen) atoms. The molecule has 1 saturated heterocycles. The van der Waals surface area contributed by atoms with Crippen LogP contribution in [-0.2, 0) is 13.0 Å². The van der Waals surface area contributed by atoms with Crippen LogP contribution in [0, 0.1) is 0 Å². The number of nitrogens with zero attached hydrogens (tertiary/aromatic N) is 5. The van der Waals surface area contributed by atoms with E-state index in [4.69, 9.17) is 9.47 Å². The molecule has 0 bridgehead atoms. The molecule has 0 N–H and O–H groups in total. The first-order chi connectivity index (χ1) is 20.2. The van der Waals surface area contributed by atoms with E-state index in [1.54, 1.807) is 13.3 Å². The van der Waals surface area contributed by atoms with Gasteiger partial charge in [0.1, 0.15) is 11.4 Å². The highest BCUT2D eigenvalue weighted by Gasteiger charge is 2.24. The molecule has 0 spiro atoms. The zero-order valence-electron chi connectivity index (χ0n) is 23.1. The minimum Gasteiger partial charge on any atom is -0.497 e. The highest BCUT2D eigenvalue weighted by atomic mass is 16.5. The van der Waals surface area contributed by atoms with Crippen LogP contribution in [0.2, 0.25) is 0 Å². The molecule has 5 aromatic rings. The number of ether oxygens (including phenoxy) is 2. The molecule has 0 unspecified atom stereocenters. The lowest BCUT2D eigenvalue weighted by Crippen LogP contribution is -2.46. The lowest BCUT2D eigenvalue weighted by molar-refractivity contribution is 0.248. The van der Waals surface area contributed by atoms with Gasteiger partial charge in [-0.1, -0.05) is 48.5 Å². The summed E-state index contributed by atoms with van der Waals surface area (Å²) < 4.78 is 12.9. The van der Waals surface area contributed by atoms with Crippen molar-refractivity contribution in [3.8, 4) is 17.2 Å². The topological polar surface area (TPSA) is 72.7 Å². The van der Waals surface area contributed by atoms with E-state index in [0.29, 0.717) is 24.5 Å². The quantitative estimate of drug-likeness (QED) is 0.264. The standard InChI is InChI=1S/C33H33N5O3/c1-40-28-13-11-25(12-14-28)16-22-41-32-31(23-35-38(33(32)39)27-7-3-2-4-8-27)37-20-18-36(19-21-37)24-26-15-17-34-30-10-6-5-9-29(26)30/h2-15,17,23H,16,18-22,24H2,1H3. The van der Waals surface area contributed by atoms with Gasteiger partial charge in [0.15, 0.2) is 0 Å². The van der Waals surface area contributed by atoms with Crippen LogP contribution in [0.25, 0.3) is 16.6 Å². The largest absolute Gasteiger partial charge is 0.497 e. The number of anilines is 1. The number of para-hydroxylation sites is 2. The number of piperazine rings is 1. The third-order valence-corrected chi connectivity index (χ3v) is 7.56. The third-order valence-electron chi connectivity index (χ3n) is 7.56. The number of hydrogen-bond acceptors (Lipinski definition) is 7. The third kappa shape index (κ3) is 5.93. The second-order valence-corrected chi connectivity index (χ2v) is 10.1. The molecule has 1 aliphatic rings. The van der Waals surface area contributed by atoms with Crippen LogP contribution in [0.1, 0.15) is 11.1 Å². The molecule has 0 saturated carbocycles. The van der Waals surface area contributed by atoms with Gasteiger partial charge in [0, 0.05) is 50.7 Å². The molecule has 2 aromatic heterocycles. The minimum atomic E-state index is -0.255. The Morgan fingerprint density at radius 1 is 0.854 bits per heavy atom. The molecule has 0 aliphatic carbocycles. The summed E-state index contributed by atoms with van der Waals surface area (Å²) in [5.74, 6) is 1.15. The number of pyridine rings is 1. The monoisotopic (exact) mass is 547 g/mol. The summed E-state index contributed by atoms with van der Waals surface area (Å²) in [4.78, 5) is 22.9. The predicted molar refractivity (Wildman–Crippen MR) is 161 cm³/mol. The van der Waals surface area contributed by atoms with E-state index >= 15 is 0 Å². The molecule has 0 atom stereocenters. The summed E-state index contributed by atoms with van der Waals surface area (Å²) in [5.41, 5.74) is 4.60. The Labute approximate surface area is 239 Å². The molecule has 1 fully saturated rings. The van der Waals surface area contributed by atoms with Gasteiger partial charge in [0.2, 0.25) is 5.75 Å². The van der Waals surface area contributed by atoms with Gasteiger partial charge in [-0.15, -0.1) is 0 Å².